The van der Waals surface area contributed by atoms with Crippen molar-refractivity contribution in [1.82, 2.24) is 15.2 Å². The second kappa shape index (κ2) is 8.93. The van der Waals surface area contributed by atoms with Crippen LogP contribution >= 0.6 is 0 Å². The molecule has 0 radical (unpaired) electrons. The number of amides is 2. The topological polar surface area (TPSA) is 71.5 Å². The van der Waals surface area contributed by atoms with E-state index in [2.05, 4.69) is 15.0 Å². The smallest absolute Gasteiger partial charge is 0.422 e. The molecular weight excluding hydrogens is 387 g/mol. The normalized spacial score (nSPS) is 14.0. The molecule has 2 aromatic rings. The first-order valence-corrected chi connectivity index (χ1v) is 9.14. The molecule has 1 saturated heterocycles. The zero-order valence-electron chi connectivity index (χ0n) is 15.5. The van der Waals surface area contributed by atoms with Crippen molar-refractivity contribution < 1.29 is 27.5 Å². The Morgan fingerprint density at radius 2 is 1.79 bits per heavy atom. The molecule has 6 nitrogen and oxygen atoms in total. The van der Waals surface area contributed by atoms with Gasteiger partial charge in [-0.3, -0.25) is 9.59 Å². The molecule has 0 unspecified atom stereocenters. The predicted octanol–water partition coefficient (Wildman–Crippen LogP) is 3.19. The van der Waals surface area contributed by atoms with Crippen LogP contribution in [-0.2, 0) is 6.54 Å². The SMILES string of the molecule is O=C(NCc1ccc(C(=O)N2CCCC2)cc1)c1cccnc1OCC(F)(F)F. The third-order valence-corrected chi connectivity index (χ3v) is 4.44. The number of carbonyl (C=O) groups is 2. The van der Waals surface area contributed by atoms with Crippen molar-refractivity contribution in [2.24, 2.45) is 0 Å². The average Bonchev–Trinajstić information content (AvgIpc) is 3.25. The second-order valence-corrected chi connectivity index (χ2v) is 6.64. The third kappa shape index (κ3) is 5.69. The van der Waals surface area contributed by atoms with Crippen LogP contribution in [0.25, 0.3) is 0 Å². The van der Waals surface area contributed by atoms with Gasteiger partial charge in [-0.25, -0.2) is 4.98 Å². The van der Waals surface area contributed by atoms with Gasteiger partial charge in [-0.2, -0.15) is 13.2 Å². The minimum Gasteiger partial charge on any atom is -0.467 e. The van der Waals surface area contributed by atoms with Crippen LogP contribution in [0.2, 0.25) is 0 Å². The Kier molecular flexibility index (Phi) is 6.36. The largest absolute Gasteiger partial charge is 0.467 e. The lowest BCUT2D eigenvalue weighted by Gasteiger charge is -2.15. The quantitative estimate of drug-likeness (QED) is 0.799. The fourth-order valence-electron chi connectivity index (χ4n) is 2.97. The summed E-state index contributed by atoms with van der Waals surface area (Å²) in [6.07, 6.45) is -1.25. The monoisotopic (exact) mass is 407 g/mol. The van der Waals surface area contributed by atoms with E-state index in [1.54, 1.807) is 24.3 Å². The van der Waals surface area contributed by atoms with E-state index in [-0.39, 0.29) is 23.9 Å². The summed E-state index contributed by atoms with van der Waals surface area (Å²) in [6, 6.07) is 9.63. The van der Waals surface area contributed by atoms with Gasteiger partial charge in [0.15, 0.2) is 6.61 Å². The predicted molar refractivity (Wildman–Crippen MR) is 98.5 cm³/mol. The van der Waals surface area contributed by atoms with E-state index in [0.717, 1.165) is 31.5 Å². The van der Waals surface area contributed by atoms with E-state index in [1.165, 1.54) is 18.3 Å². The highest BCUT2D eigenvalue weighted by molar-refractivity contribution is 5.96. The van der Waals surface area contributed by atoms with Gasteiger partial charge in [0.25, 0.3) is 11.8 Å². The zero-order chi connectivity index (χ0) is 20.9. The maximum absolute atomic E-state index is 12.4. The van der Waals surface area contributed by atoms with Gasteiger partial charge in [0.05, 0.1) is 0 Å². The lowest BCUT2D eigenvalue weighted by Crippen LogP contribution is -2.27. The number of nitrogens with one attached hydrogen (secondary N) is 1. The van der Waals surface area contributed by atoms with Crippen LogP contribution < -0.4 is 10.1 Å². The number of hydrogen-bond acceptors (Lipinski definition) is 4. The van der Waals surface area contributed by atoms with E-state index in [0.29, 0.717) is 5.56 Å². The van der Waals surface area contributed by atoms with Gasteiger partial charge in [0, 0.05) is 31.4 Å². The number of pyridine rings is 1. The Labute approximate surface area is 165 Å². The molecule has 0 spiro atoms. The molecule has 1 fully saturated rings. The molecule has 154 valence electrons. The molecule has 1 aliphatic heterocycles. The van der Waals surface area contributed by atoms with E-state index in [4.69, 9.17) is 0 Å². The van der Waals surface area contributed by atoms with Crippen LogP contribution in [0.3, 0.4) is 0 Å². The fourth-order valence-corrected chi connectivity index (χ4v) is 2.97. The number of alkyl halides is 3. The number of nitrogens with zero attached hydrogens (tertiary/aromatic N) is 2. The number of halogens is 3. The van der Waals surface area contributed by atoms with Crippen LogP contribution in [0.4, 0.5) is 13.2 Å². The van der Waals surface area contributed by atoms with Gasteiger partial charge in [0.1, 0.15) is 5.56 Å². The molecule has 0 atom stereocenters. The minimum absolute atomic E-state index is 0.0140. The van der Waals surface area contributed by atoms with Crippen LogP contribution in [0.1, 0.15) is 39.1 Å². The van der Waals surface area contributed by atoms with Gasteiger partial charge in [-0.1, -0.05) is 12.1 Å². The Hall–Kier alpha value is -3.10. The molecule has 1 aromatic heterocycles. The molecule has 0 saturated carbocycles. The maximum atomic E-state index is 12.4. The van der Waals surface area contributed by atoms with Crippen molar-refractivity contribution in [3.05, 3.63) is 59.3 Å². The first kappa shape index (κ1) is 20.6. The summed E-state index contributed by atoms with van der Waals surface area (Å²) in [5, 5.41) is 2.62. The first-order chi connectivity index (χ1) is 13.8. The van der Waals surface area contributed by atoms with Crippen molar-refractivity contribution in [1.29, 1.82) is 0 Å². The molecule has 1 aliphatic rings. The summed E-state index contributed by atoms with van der Waals surface area (Å²) in [4.78, 5) is 30.2. The van der Waals surface area contributed by atoms with E-state index in [1.807, 2.05) is 4.90 Å². The van der Waals surface area contributed by atoms with Crippen molar-refractivity contribution >= 4 is 11.8 Å². The highest BCUT2D eigenvalue weighted by Gasteiger charge is 2.29. The molecule has 29 heavy (non-hydrogen) atoms. The first-order valence-electron chi connectivity index (χ1n) is 9.14. The average molecular weight is 407 g/mol. The van der Waals surface area contributed by atoms with Crippen LogP contribution in [0, 0.1) is 0 Å². The zero-order valence-corrected chi connectivity index (χ0v) is 15.5. The van der Waals surface area contributed by atoms with Crippen molar-refractivity contribution in [3.8, 4) is 5.88 Å². The lowest BCUT2D eigenvalue weighted by molar-refractivity contribution is -0.154. The second-order valence-electron chi connectivity index (χ2n) is 6.64. The number of carbonyl (C=O) groups excluding carboxylic acids is 2. The Balaban J connectivity index is 1.59. The van der Waals surface area contributed by atoms with Gasteiger partial charge >= 0.3 is 6.18 Å². The highest BCUT2D eigenvalue weighted by atomic mass is 19.4. The summed E-state index contributed by atoms with van der Waals surface area (Å²) in [5.41, 5.74) is 1.24. The Bertz CT molecular complexity index is 863. The molecule has 9 heteroatoms. The standard InChI is InChI=1S/C20H20F3N3O3/c21-20(22,23)13-29-18-16(4-3-9-24-18)17(27)25-12-14-5-7-15(8-6-14)19(28)26-10-1-2-11-26/h3-9H,1-2,10-13H2,(H,25,27). The molecule has 1 aromatic carbocycles. The molecule has 2 amide bonds. The molecular formula is C20H20F3N3O3. The number of benzene rings is 1. The molecule has 0 bridgehead atoms. The van der Waals surface area contributed by atoms with Gasteiger partial charge < -0.3 is 15.0 Å². The number of rotatable bonds is 6. The molecule has 2 heterocycles. The van der Waals surface area contributed by atoms with Crippen molar-refractivity contribution in [2.75, 3.05) is 19.7 Å². The number of aromatic nitrogens is 1. The van der Waals surface area contributed by atoms with Gasteiger partial charge in [-0.05, 0) is 42.7 Å². The maximum Gasteiger partial charge on any atom is 0.422 e. The third-order valence-electron chi connectivity index (χ3n) is 4.44. The molecule has 0 aliphatic carbocycles. The fraction of sp³-hybridized carbons (Fsp3) is 0.350. The van der Waals surface area contributed by atoms with Crippen LogP contribution in [-0.4, -0.2) is 47.6 Å². The van der Waals surface area contributed by atoms with Crippen molar-refractivity contribution in [3.63, 3.8) is 0 Å². The Morgan fingerprint density at radius 3 is 2.45 bits per heavy atom. The molecule has 1 N–H and O–H groups in total. The van der Waals surface area contributed by atoms with Crippen molar-refractivity contribution in [2.45, 2.75) is 25.6 Å². The van der Waals surface area contributed by atoms with Gasteiger partial charge in [-0.15, -0.1) is 0 Å². The van der Waals surface area contributed by atoms with E-state index < -0.39 is 18.7 Å². The summed E-state index contributed by atoms with van der Waals surface area (Å²) in [5.74, 6) is -0.999. The number of hydrogen-bond donors (Lipinski definition) is 1. The number of ether oxygens (including phenoxy) is 1. The summed E-state index contributed by atoms with van der Waals surface area (Å²) >= 11 is 0. The highest BCUT2D eigenvalue weighted by Crippen LogP contribution is 2.20. The number of likely N-dealkylation sites (tertiary alicyclic amines) is 1. The molecule has 3 rings (SSSR count). The Morgan fingerprint density at radius 1 is 1.10 bits per heavy atom. The van der Waals surface area contributed by atoms with Crippen LogP contribution in [0.5, 0.6) is 5.88 Å². The summed E-state index contributed by atoms with van der Waals surface area (Å²) < 4.78 is 41.7. The summed E-state index contributed by atoms with van der Waals surface area (Å²) in [7, 11) is 0. The minimum atomic E-state index is -4.53. The van der Waals surface area contributed by atoms with E-state index in [9.17, 15) is 22.8 Å². The van der Waals surface area contributed by atoms with E-state index >= 15 is 0 Å². The summed E-state index contributed by atoms with van der Waals surface area (Å²) in [6.45, 7) is 0.141. The van der Waals surface area contributed by atoms with Gasteiger partial charge in [0.2, 0.25) is 5.88 Å². The van der Waals surface area contributed by atoms with Crippen LogP contribution in [0.15, 0.2) is 42.6 Å². The lowest BCUT2D eigenvalue weighted by atomic mass is 10.1.